The molecule has 7 heteroatoms. The second-order valence-corrected chi connectivity index (χ2v) is 6.50. The molecule has 0 bridgehead atoms. The molecule has 25 heavy (non-hydrogen) atoms. The third-order valence-electron chi connectivity index (χ3n) is 4.22. The van der Waals surface area contributed by atoms with E-state index in [1.54, 1.807) is 30.3 Å². The number of benzene rings is 1. The maximum atomic E-state index is 12.0. The van der Waals surface area contributed by atoms with Crippen molar-refractivity contribution < 1.29 is 14.0 Å². The second-order valence-electron chi connectivity index (χ2n) is 6.50. The van der Waals surface area contributed by atoms with Crippen LogP contribution in [0.2, 0.25) is 0 Å². The lowest BCUT2D eigenvalue weighted by atomic mass is 10.2. The average molecular weight is 342 g/mol. The molecule has 3 amide bonds. The van der Waals surface area contributed by atoms with E-state index in [9.17, 15) is 9.59 Å². The fraction of sp³-hybridized carbons (Fsp3) is 0.389. The van der Waals surface area contributed by atoms with Crippen LogP contribution in [0.1, 0.15) is 31.9 Å². The molecule has 2 heterocycles. The van der Waals surface area contributed by atoms with Gasteiger partial charge in [-0.2, -0.15) is 0 Å². The summed E-state index contributed by atoms with van der Waals surface area (Å²) in [6.07, 6.45) is 2.36. The van der Waals surface area contributed by atoms with Crippen LogP contribution in [0.25, 0.3) is 11.5 Å². The molecular weight excluding hydrogens is 320 g/mol. The van der Waals surface area contributed by atoms with E-state index in [-0.39, 0.29) is 17.9 Å². The number of nitrogens with one attached hydrogen (secondary N) is 2. The van der Waals surface area contributed by atoms with Crippen molar-refractivity contribution in [3.05, 3.63) is 36.2 Å². The van der Waals surface area contributed by atoms with E-state index in [1.165, 1.54) is 0 Å². The van der Waals surface area contributed by atoms with Crippen molar-refractivity contribution in [1.82, 2.24) is 15.2 Å². The second kappa shape index (κ2) is 6.96. The van der Waals surface area contributed by atoms with Crippen molar-refractivity contribution in [3.8, 4) is 11.5 Å². The van der Waals surface area contributed by atoms with Crippen LogP contribution in [0.5, 0.6) is 0 Å². The van der Waals surface area contributed by atoms with Crippen LogP contribution in [-0.2, 0) is 4.79 Å². The quantitative estimate of drug-likeness (QED) is 0.894. The smallest absolute Gasteiger partial charge is 0.319 e. The molecule has 0 radical (unpaired) electrons. The van der Waals surface area contributed by atoms with Gasteiger partial charge in [0.05, 0.1) is 6.20 Å². The molecule has 1 aromatic carbocycles. The van der Waals surface area contributed by atoms with Gasteiger partial charge in [-0.3, -0.25) is 4.79 Å². The first kappa shape index (κ1) is 17.0. The van der Waals surface area contributed by atoms with Crippen LogP contribution >= 0.6 is 0 Å². The van der Waals surface area contributed by atoms with Gasteiger partial charge in [0.15, 0.2) is 0 Å². The molecule has 1 aliphatic heterocycles. The van der Waals surface area contributed by atoms with Crippen molar-refractivity contribution in [2.75, 3.05) is 18.9 Å². The van der Waals surface area contributed by atoms with Crippen LogP contribution in [0.15, 0.2) is 34.9 Å². The number of hydrogen-bond acceptors (Lipinski definition) is 4. The molecule has 1 aromatic heterocycles. The minimum atomic E-state index is -0.453. The maximum Gasteiger partial charge on any atom is 0.319 e. The number of oxazole rings is 1. The highest BCUT2D eigenvalue weighted by Gasteiger charge is 2.30. The summed E-state index contributed by atoms with van der Waals surface area (Å²) in [5.74, 6) is 1.61. The fourth-order valence-electron chi connectivity index (χ4n) is 2.66. The molecule has 2 aromatic rings. The number of rotatable bonds is 4. The van der Waals surface area contributed by atoms with Gasteiger partial charge in [0.1, 0.15) is 11.8 Å². The normalized spacial score (nSPS) is 17.2. The Balaban J connectivity index is 1.60. The van der Waals surface area contributed by atoms with E-state index < -0.39 is 6.04 Å². The van der Waals surface area contributed by atoms with Crippen molar-refractivity contribution >= 4 is 17.6 Å². The first-order valence-electron chi connectivity index (χ1n) is 8.32. The number of likely N-dealkylation sites (N-methyl/N-ethyl adjacent to an activating group) is 1. The van der Waals surface area contributed by atoms with E-state index in [0.29, 0.717) is 24.5 Å². The number of aromatic nitrogens is 1. The zero-order valence-corrected chi connectivity index (χ0v) is 14.6. The van der Waals surface area contributed by atoms with Crippen LogP contribution in [-0.4, -0.2) is 41.5 Å². The van der Waals surface area contributed by atoms with Crippen LogP contribution in [0.4, 0.5) is 10.5 Å². The highest BCUT2D eigenvalue weighted by Crippen LogP contribution is 2.24. The van der Waals surface area contributed by atoms with Gasteiger partial charge < -0.3 is 20.0 Å². The van der Waals surface area contributed by atoms with Gasteiger partial charge in [-0.25, -0.2) is 9.78 Å². The summed E-state index contributed by atoms with van der Waals surface area (Å²) in [6.45, 7) is 4.75. The van der Waals surface area contributed by atoms with E-state index in [0.717, 1.165) is 11.3 Å². The third kappa shape index (κ3) is 3.81. The Morgan fingerprint density at radius 1 is 1.32 bits per heavy atom. The Morgan fingerprint density at radius 3 is 2.60 bits per heavy atom. The highest BCUT2D eigenvalue weighted by molar-refractivity contribution is 5.94. The summed E-state index contributed by atoms with van der Waals surface area (Å²) < 4.78 is 5.71. The molecule has 2 N–H and O–H groups in total. The Morgan fingerprint density at radius 2 is 2.04 bits per heavy atom. The van der Waals surface area contributed by atoms with E-state index in [2.05, 4.69) is 15.6 Å². The van der Waals surface area contributed by atoms with Crippen molar-refractivity contribution in [1.29, 1.82) is 0 Å². The number of hydrogen-bond donors (Lipinski definition) is 2. The maximum absolute atomic E-state index is 12.0. The lowest BCUT2D eigenvalue weighted by molar-refractivity contribution is -0.128. The van der Waals surface area contributed by atoms with Gasteiger partial charge in [0, 0.05) is 30.8 Å². The topological polar surface area (TPSA) is 87.5 Å². The van der Waals surface area contributed by atoms with Crippen molar-refractivity contribution in [2.24, 2.45) is 0 Å². The lowest BCUT2D eigenvalue weighted by Crippen LogP contribution is -2.42. The summed E-state index contributed by atoms with van der Waals surface area (Å²) in [5.41, 5.74) is 1.47. The summed E-state index contributed by atoms with van der Waals surface area (Å²) in [7, 11) is 1.73. The number of amides is 3. The zero-order chi connectivity index (χ0) is 18.0. The number of likely N-dealkylation sites (tertiary alicyclic amines) is 1. The standard InChI is InChI=1S/C18H22N4O3/c1-11(2)15-10-19-16(25-15)12-4-6-13(7-5-12)20-18(24)21-14-8-9-22(3)17(14)23/h4-7,10-11,14H,8-9H2,1-3H3,(H2,20,21,24)/t14-/m1/s1. The van der Waals surface area contributed by atoms with Gasteiger partial charge >= 0.3 is 6.03 Å². The number of urea groups is 1. The molecule has 132 valence electrons. The summed E-state index contributed by atoms with van der Waals surface area (Å²) >= 11 is 0. The zero-order valence-electron chi connectivity index (χ0n) is 14.6. The predicted molar refractivity (Wildman–Crippen MR) is 94.2 cm³/mol. The molecule has 0 unspecified atom stereocenters. The van der Waals surface area contributed by atoms with Gasteiger partial charge in [-0.05, 0) is 30.7 Å². The first-order valence-corrected chi connectivity index (χ1v) is 8.32. The predicted octanol–water partition coefficient (Wildman–Crippen LogP) is 2.82. The van der Waals surface area contributed by atoms with E-state index in [1.807, 2.05) is 26.0 Å². The molecule has 1 aliphatic rings. The molecule has 0 aliphatic carbocycles. The Kier molecular flexibility index (Phi) is 4.74. The van der Waals surface area contributed by atoms with Crippen molar-refractivity contribution in [2.45, 2.75) is 32.2 Å². The van der Waals surface area contributed by atoms with Gasteiger partial charge in [0.25, 0.3) is 0 Å². The number of nitrogens with zero attached hydrogens (tertiary/aromatic N) is 2. The number of carbonyl (C=O) groups is 2. The van der Waals surface area contributed by atoms with Crippen molar-refractivity contribution in [3.63, 3.8) is 0 Å². The first-order chi connectivity index (χ1) is 11.9. The molecule has 3 rings (SSSR count). The lowest BCUT2D eigenvalue weighted by Gasteiger charge is -2.13. The molecule has 0 saturated carbocycles. The molecule has 7 nitrogen and oxygen atoms in total. The van der Waals surface area contributed by atoms with Crippen LogP contribution in [0.3, 0.4) is 0 Å². The molecule has 1 atom stereocenters. The number of anilines is 1. The van der Waals surface area contributed by atoms with Gasteiger partial charge in [-0.15, -0.1) is 0 Å². The minimum Gasteiger partial charge on any atom is -0.441 e. The molecule has 1 saturated heterocycles. The minimum absolute atomic E-state index is 0.0599. The average Bonchev–Trinajstić information content (AvgIpc) is 3.19. The van der Waals surface area contributed by atoms with Gasteiger partial charge in [0.2, 0.25) is 11.8 Å². The van der Waals surface area contributed by atoms with Crippen LogP contribution < -0.4 is 10.6 Å². The SMILES string of the molecule is CC(C)c1cnc(-c2ccc(NC(=O)N[C@@H]3CCN(C)C3=O)cc2)o1. The number of carbonyl (C=O) groups excluding carboxylic acids is 2. The Bertz CT molecular complexity index is 767. The summed E-state index contributed by atoms with van der Waals surface area (Å²) in [5, 5.41) is 5.43. The third-order valence-corrected chi connectivity index (χ3v) is 4.22. The van der Waals surface area contributed by atoms with Crippen LogP contribution in [0, 0.1) is 0 Å². The molecule has 0 spiro atoms. The fourth-order valence-corrected chi connectivity index (χ4v) is 2.66. The monoisotopic (exact) mass is 342 g/mol. The summed E-state index contributed by atoms with van der Waals surface area (Å²) in [6, 6.07) is 6.37. The molecular formula is C18H22N4O3. The van der Waals surface area contributed by atoms with E-state index >= 15 is 0 Å². The van der Waals surface area contributed by atoms with Gasteiger partial charge in [-0.1, -0.05) is 13.8 Å². The highest BCUT2D eigenvalue weighted by atomic mass is 16.4. The summed E-state index contributed by atoms with van der Waals surface area (Å²) in [4.78, 5) is 29.7. The molecule has 1 fully saturated rings. The Hall–Kier alpha value is -2.83. The van der Waals surface area contributed by atoms with E-state index in [4.69, 9.17) is 4.42 Å². The Labute approximate surface area is 146 Å². The largest absolute Gasteiger partial charge is 0.441 e.